The van der Waals surface area contributed by atoms with Crippen LogP contribution in [0.1, 0.15) is 19.3 Å². The Hall–Kier alpha value is -2.45. The van der Waals surface area contributed by atoms with Crippen molar-refractivity contribution in [3.05, 3.63) is 24.0 Å². The largest absolute Gasteiger partial charge is 0.485 e. The van der Waals surface area contributed by atoms with Crippen LogP contribution in [0.4, 0.5) is 23.7 Å². The molecule has 1 aromatic carbocycles. The molecule has 2 N–H and O–H groups in total. The summed E-state index contributed by atoms with van der Waals surface area (Å²) in [4.78, 5) is 25.6. The van der Waals surface area contributed by atoms with Crippen LogP contribution in [0.3, 0.4) is 0 Å². The first kappa shape index (κ1) is 18.3. The molecule has 0 unspecified atom stereocenters. The molecule has 1 aliphatic heterocycles. The second-order valence-corrected chi connectivity index (χ2v) is 6.70. The number of rotatable bonds is 5. The van der Waals surface area contributed by atoms with E-state index in [1.807, 2.05) is 0 Å². The number of urea groups is 1. The number of hydrogen-bond acceptors (Lipinski definition) is 3. The minimum Gasteiger partial charge on any atom is -0.485 e. The molecule has 0 spiro atoms. The first-order chi connectivity index (χ1) is 12.3. The maximum Gasteiger partial charge on any atom is 0.321 e. The smallest absolute Gasteiger partial charge is 0.321 e. The van der Waals surface area contributed by atoms with E-state index in [-0.39, 0.29) is 23.9 Å². The molecule has 0 bridgehead atoms. The van der Waals surface area contributed by atoms with Gasteiger partial charge in [0, 0.05) is 19.2 Å². The number of aliphatic carboxylic acids is 1. The van der Waals surface area contributed by atoms with E-state index in [9.17, 15) is 27.9 Å². The molecule has 1 aliphatic carbocycles. The van der Waals surface area contributed by atoms with Crippen LogP contribution in [0.25, 0.3) is 0 Å². The van der Waals surface area contributed by atoms with Crippen molar-refractivity contribution in [2.24, 2.45) is 11.3 Å². The van der Waals surface area contributed by atoms with Gasteiger partial charge in [-0.05, 0) is 30.9 Å². The lowest BCUT2D eigenvalue weighted by Crippen LogP contribution is -2.38. The van der Waals surface area contributed by atoms with Gasteiger partial charge in [-0.3, -0.25) is 4.79 Å². The van der Waals surface area contributed by atoms with Gasteiger partial charge in [0.25, 0.3) is 6.43 Å². The van der Waals surface area contributed by atoms with Crippen molar-refractivity contribution in [2.75, 3.05) is 25.0 Å². The Balaban J connectivity index is 1.72. The van der Waals surface area contributed by atoms with Crippen LogP contribution in [0.2, 0.25) is 0 Å². The molecule has 142 valence electrons. The van der Waals surface area contributed by atoms with Gasteiger partial charge in [0.15, 0.2) is 0 Å². The van der Waals surface area contributed by atoms with Crippen LogP contribution in [-0.4, -0.2) is 48.1 Å². The molecule has 6 nitrogen and oxygen atoms in total. The second-order valence-electron chi connectivity index (χ2n) is 6.70. The molecule has 2 aliphatic rings. The fourth-order valence-electron chi connectivity index (χ4n) is 3.86. The normalized spacial score (nSPS) is 24.6. The number of anilines is 1. The van der Waals surface area contributed by atoms with Gasteiger partial charge in [0.2, 0.25) is 0 Å². The Kier molecular flexibility index (Phi) is 4.97. The molecule has 2 fully saturated rings. The summed E-state index contributed by atoms with van der Waals surface area (Å²) in [5.74, 6) is -1.90. The number of fused-ring (bicyclic) bond motifs is 1. The molecule has 1 aromatic rings. The highest BCUT2D eigenvalue weighted by Gasteiger charge is 2.55. The summed E-state index contributed by atoms with van der Waals surface area (Å²) in [6.45, 7) is -0.528. The molecule has 0 aromatic heterocycles. The van der Waals surface area contributed by atoms with E-state index >= 15 is 0 Å². The summed E-state index contributed by atoms with van der Waals surface area (Å²) >= 11 is 0. The fraction of sp³-hybridized carbons (Fsp3) is 0.529. The number of likely N-dealkylation sites (tertiary alicyclic amines) is 1. The highest BCUT2D eigenvalue weighted by Crippen LogP contribution is 2.49. The number of alkyl halides is 2. The van der Waals surface area contributed by atoms with Crippen molar-refractivity contribution in [3.8, 4) is 5.75 Å². The fourth-order valence-corrected chi connectivity index (χ4v) is 3.86. The minimum absolute atomic E-state index is 0.0542. The minimum atomic E-state index is -2.74. The van der Waals surface area contributed by atoms with Crippen LogP contribution in [0, 0.1) is 17.2 Å². The number of carbonyl (C=O) groups excluding carboxylic acids is 1. The van der Waals surface area contributed by atoms with E-state index in [0.29, 0.717) is 13.0 Å². The molecular formula is C17H19F3N2O4. The summed E-state index contributed by atoms with van der Waals surface area (Å²) in [7, 11) is 0. The van der Waals surface area contributed by atoms with Crippen molar-refractivity contribution in [3.63, 3.8) is 0 Å². The average molecular weight is 372 g/mol. The number of amides is 2. The van der Waals surface area contributed by atoms with Crippen molar-refractivity contribution < 1.29 is 32.6 Å². The molecule has 9 heteroatoms. The Morgan fingerprint density at radius 3 is 2.85 bits per heavy atom. The number of carbonyl (C=O) groups is 2. The number of ether oxygens (including phenoxy) is 1. The molecule has 2 amide bonds. The van der Waals surface area contributed by atoms with Crippen LogP contribution in [-0.2, 0) is 4.79 Å². The zero-order chi connectivity index (χ0) is 18.9. The molecule has 2 atom stereocenters. The predicted molar refractivity (Wildman–Crippen MR) is 85.9 cm³/mol. The Bertz CT molecular complexity index is 715. The molecule has 0 radical (unpaired) electrons. The second kappa shape index (κ2) is 7.05. The lowest BCUT2D eigenvalue weighted by atomic mass is 9.81. The van der Waals surface area contributed by atoms with Gasteiger partial charge in [-0.2, -0.15) is 0 Å². The predicted octanol–water partition coefficient (Wildman–Crippen LogP) is 3.19. The SMILES string of the molecule is O=C(Nc1ccc(F)cc1OCC(F)F)N1C[C@@H]2CCC[C@@]2(C(=O)O)C1. The maximum atomic E-state index is 13.3. The summed E-state index contributed by atoms with van der Waals surface area (Å²) in [5, 5.41) is 12.1. The first-order valence-corrected chi connectivity index (χ1v) is 8.31. The summed E-state index contributed by atoms with van der Waals surface area (Å²) < 4.78 is 42.9. The van der Waals surface area contributed by atoms with Gasteiger partial charge in [0.1, 0.15) is 18.2 Å². The van der Waals surface area contributed by atoms with E-state index in [2.05, 4.69) is 5.32 Å². The van der Waals surface area contributed by atoms with Gasteiger partial charge in [-0.15, -0.1) is 0 Å². The van der Waals surface area contributed by atoms with Gasteiger partial charge in [-0.1, -0.05) is 6.42 Å². The quantitative estimate of drug-likeness (QED) is 0.832. The third-order valence-electron chi connectivity index (χ3n) is 5.13. The number of carboxylic acids is 1. The lowest BCUT2D eigenvalue weighted by molar-refractivity contribution is -0.149. The van der Waals surface area contributed by atoms with Crippen molar-refractivity contribution in [1.82, 2.24) is 4.90 Å². The molecule has 1 heterocycles. The van der Waals surface area contributed by atoms with Crippen LogP contribution in [0.15, 0.2) is 18.2 Å². The van der Waals surface area contributed by atoms with Crippen LogP contribution >= 0.6 is 0 Å². The molecule has 26 heavy (non-hydrogen) atoms. The van der Waals surface area contributed by atoms with Crippen LogP contribution in [0.5, 0.6) is 5.75 Å². The van der Waals surface area contributed by atoms with Gasteiger partial charge in [-0.25, -0.2) is 18.0 Å². The van der Waals surface area contributed by atoms with Crippen LogP contribution < -0.4 is 10.1 Å². The number of benzene rings is 1. The monoisotopic (exact) mass is 372 g/mol. The third-order valence-corrected chi connectivity index (χ3v) is 5.13. The Morgan fingerprint density at radius 2 is 2.19 bits per heavy atom. The maximum absolute atomic E-state index is 13.3. The van der Waals surface area contributed by atoms with E-state index in [1.54, 1.807) is 0 Å². The Morgan fingerprint density at radius 1 is 1.42 bits per heavy atom. The van der Waals surface area contributed by atoms with E-state index in [1.165, 1.54) is 11.0 Å². The number of nitrogens with one attached hydrogen (secondary N) is 1. The van der Waals surface area contributed by atoms with Gasteiger partial charge in [0.05, 0.1) is 11.1 Å². The third kappa shape index (κ3) is 3.42. The van der Waals surface area contributed by atoms with Gasteiger partial charge < -0.3 is 20.1 Å². The zero-order valence-corrected chi connectivity index (χ0v) is 13.9. The van der Waals surface area contributed by atoms with Crippen molar-refractivity contribution >= 4 is 17.7 Å². The highest BCUT2D eigenvalue weighted by atomic mass is 19.3. The molecular weight excluding hydrogens is 353 g/mol. The van der Waals surface area contributed by atoms with E-state index < -0.39 is 36.3 Å². The first-order valence-electron chi connectivity index (χ1n) is 8.31. The summed E-state index contributed by atoms with van der Waals surface area (Å²) in [5.41, 5.74) is -0.867. The molecule has 1 saturated heterocycles. The number of hydrogen-bond donors (Lipinski definition) is 2. The van der Waals surface area contributed by atoms with Crippen molar-refractivity contribution in [1.29, 1.82) is 0 Å². The number of halogens is 3. The Labute approximate surface area is 147 Å². The molecule has 3 rings (SSSR count). The summed E-state index contributed by atoms with van der Waals surface area (Å²) in [6, 6.07) is 2.64. The average Bonchev–Trinajstić information content (AvgIpc) is 3.13. The number of nitrogens with zero attached hydrogens (tertiary/aromatic N) is 1. The zero-order valence-electron chi connectivity index (χ0n) is 13.9. The lowest BCUT2D eigenvalue weighted by Gasteiger charge is -2.23. The topological polar surface area (TPSA) is 78.9 Å². The standard InChI is InChI=1S/C17H19F3N2O4/c18-11-3-4-12(13(6-11)26-8-14(19)20)21-16(25)22-7-10-2-1-5-17(10,9-22)15(23)24/h3-4,6,10,14H,1-2,5,7-9H2,(H,21,25)(H,23,24)/t10-,17+/m0/s1. The summed E-state index contributed by atoms with van der Waals surface area (Å²) in [6.07, 6.45) is -0.656. The number of carboxylic acid groups (broad SMARTS) is 1. The molecule has 1 saturated carbocycles. The highest BCUT2D eigenvalue weighted by molar-refractivity contribution is 5.92. The van der Waals surface area contributed by atoms with Crippen molar-refractivity contribution in [2.45, 2.75) is 25.7 Å². The van der Waals surface area contributed by atoms with Gasteiger partial charge >= 0.3 is 12.0 Å². The van der Waals surface area contributed by atoms with E-state index in [0.717, 1.165) is 25.0 Å². The van der Waals surface area contributed by atoms with E-state index in [4.69, 9.17) is 4.74 Å².